The van der Waals surface area contributed by atoms with Gasteiger partial charge in [-0.15, -0.1) is 0 Å². The van der Waals surface area contributed by atoms with Crippen LogP contribution in [0.3, 0.4) is 0 Å². The number of amides is 1. The van der Waals surface area contributed by atoms with Gasteiger partial charge in [0.25, 0.3) is 0 Å². The number of benzene rings is 2. The molecule has 0 heterocycles. The number of hydrogen-bond acceptors (Lipinski definition) is 4. The molecule has 2 aromatic rings. The van der Waals surface area contributed by atoms with Gasteiger partial charge in [0.1, 0.15) is 6.61 Å². The van der Waals surface area contributed by atoms with Crippen LogP contribution in [0.4, 0.5) is 4.79 Å². The Labute approximate surface area is 149 Å². The van der Waals surface area contributed by atoms with E-state index in [1.807, 2.05) is 24.3 Å². The third-order valence-corrected chi connectivity index (χ3v) is 3.43. The zero-order valence-electron chi connectivity index (χ0n) is 12.4. The van der Waals surface area contributed by atoms with Crippen LogP contribution in [0.1, 0.15) is 17.0 Å². The Morgan fingerprint density at radius 2 is 1.52 bits per heavy atom. The number of methoxy groups -OCH3 is 1. The Morgan fingerprint density at radius 3 is 1.91 bits per heavy atom. The normalized spacial score (nSPS) is 11.0. The van der Waals surface area contributed by atoms with Gasteiger partial charge in [-0.25, -0.2) is 0 Å². The maximum atomic E-state index is 10.7. The minimum absolute atomic E-state index is 0. The predicted molar refractivity (Wildman–Crippen MR) is 82.1 cm³/mol. The number of ether oxygens (including phenoxy) is 2. The van der Waals surface area contributed by atoms with Gasteiger partial charge in [-0.05, 0) is 22.3 Å². The molecule has 0 fully saturated rings. The van der Waals surface area contributed by atoms with E-state index in [-0.39, 0.29) is 33.6 Å². The molecular formula is C17H15NO4W. The molecule has 23 heavy (non-hydrogen) atoms. The van der Waals surface area contributed by atoms with Gasteiger partial charge in [0.15, 0.2) is 0 Å². The maximum absolute atomic E-state index is 10.7. The molecule has 0 unspecified atom stereocenters. The molecule has 3 rings (SSSR count). The number of rotatable bonds is 3. The third-order valence-electron chi connectivity index (χ3n) is 3.43. The fourth-order valence-corrected chi connectivity index (χ4v) is 2.60. The Balaban J connectivity index is 0.000000478. The fraction of sp³-hybridized carbons (Fsp3) is 0.176. The van der Waals surface area contributed by atoms with Gasteiger partial charge in [0.2, 0.25) is 6.09 Å². The maximum Gasteiger partial charge on any atom is 2.00 e. The van der Waals surface area contributed by atoms with Crippen molar-refractivity contribution in [2.24, 2.45) is 0 Å². The van der Waals surface area contributed by atoms with Gasteiger partial charge < -0.3 is 20.0 Å². The minimum atomic E-state index is -0.975. The van der Waals surface area contributed by atoms with Gasteiger partial charge >= 0.3 is 21.1 Å². The predicted octanol–water partition coefficient (Wildman–Crippen LogP) is 3.69. The van der Waals surface area contributed by atoms with Crippen molar-refractivity contribution in [1.29, 1.82) is 0 Å². The largest absolute Gasteiger partial charge is 2.00 e. The van der Waals surface area contributed by atoms with E-state index in [0.29, 0.717) is 0 Å². The number of fused-ring (bicyclic) bond motifs is 3. The van der Waals surface area contributed by atoms with Crippen molar-refractivity contribution in [3.63, 3.8) is 0 Å². The molecule has 0 atom stereocenters. The van der Waals surface area contributed by atoms with E-state index < -0.39 is 6.09 Å². The average Bonchev–Trinajstić information content (AvgIpc) is 2.87. The topological polar surface area (TPSA) is 76.4 Å². The van der Waals surface area contributed by atoms with Crippen LogP contribution >= 0.6 is 0 Å². The zero-order valence-corrected chi connectivity index (χ0v) is 15.4. The van der Waals surface area contributed by atoms with Gasteiger partial charge in [-0.3, -0.25) is 4.79 Å². The second kappa shape index (κ2) is 9.11. The van der Waals surface area contributed by atoms with Crippen molar-refractivity contribution >= 4 is 12.6 Å². The standard InChI is InChI=1S/C15H13NO2.C2H3O2.W/c16-15(17)18-9-14-12-7-3-1-5-10(12)11-6-2-4-8-13(11)14;1-4-2-3;/h1-8,14H,9H2,(H2,16,17);1H3;/q;-1;+2/p-1. The van der Waals surface area contributed by atoms with E-state index in [1.165, 1.54) is 35.8 Å². The molecule has 6 heteroatoms. The Bertz CT molecular complexity index is 630. The van der Waals surface area contributed by atoms with E-state index >= 15 is 0 Å². The quantitative estimate of drug-likeness (QED) is 0.628. The fourth-order valence-electron chi connectivity index (χ4n) is 2.60. The molecule has 1 amide bonds. The molecule has 0 saturated heterocycles. The summed E-state index contributed by atoms with van der Waals surface area (Å²) in [5.74, 6) is 0.0479. The first kappa shape index (κ1) is 18.9. The summed E-state index contributed by atoms with van der Waals surface area (Å²) >= 11 is 0. The van der Waals surface area contributed by atoms with Crippen LogP contribution in [0.5, 0.6) is 0 Å². The van der Waals surface area contributed by atoms with Gasteiger partial charge in [0, 0.05) is 13.0 Å². The molecule has 0 aromatic heterocycles. The zero-order chi connectivity index (χ0) is 15.9. The summed E-state index contributed by atoms with van der Waals surface area (Å²) in [6, 6.07) is 16.3. The molecule has 2 aromatic carbocycles. The van der Waals surface area contributed by atoms with E-state index in [1.54, 1.807) is 0 Å². The van der Waals surface area contributed by atoms with E-state index in [9.17, 15) is 4.79 Å². The second-order valence-corrected chi connectivity index (χ2v) is 4.61. The van der Waals surface area contributed by atoms with Gasteiger partial charge in [-0.1, -0.05) is 55.0 Å². The molecule has 118 valence electrons. The number of nitrogens with one attached hydrogen (secondary N) is 1. The number of carbonyl (C=O) groups excluding carboxylic acids is 2. The third kappa shape index (κ3) is 4.42. The van der Waals surface area contributed by atoms with Crippen molar-refractivity contribution in [2.45, 2.75) is 5.92 Å². The summed E-state index contributed by atoms with van der Waals surface area (Å²) in [5.41, 5.74) is 11.6. The monoisotopic (exact) mass is 481 g/mol. The van der Waals surface area contributed by atoms with Gasteiger partial charge in [-0.2, -0.15) is 0 Å². The number of hydrogen-bond donors (Lipinski definition) is 0. The molecule has 5 nitrogen and oxygen atoms in total. The van der Waals surface area contributed by atoms with Crippen LogP contribution in [0.25, 0.3) is 16.9 Å². The SMILES string of the molecule is CO[C-]=O.[NH-]C(=O)OCC1c2ccccc2-c2ccccc21.[W+2]. The Morgan fingerprint density at radius 1 is 1.09 bits per heavy atom. The average molecular weight is 481 g/mol. The summed E-state index contributed by atoms with van der Waals surface area (Å²) in [6.45, 7) is 1.41. The molecule has 1 N–H and O–H groups in total. The minimum Gasteiger partial charge on any atom is -0.655 e. The summed E-state index contributed by atoms with van der Waals surface area (Å²) in [4.78, 5) is 19.5. The first-order chi connectivity index (χ1) is 10.7. The first-order valence-corrected chi connectivity index (χ1v) is 6.65. The molecule has 1 aliphatic rings. The molecule has 0 spiro atoms. The first-order valence-electron chi connectivity index (χ1n) is 6.65. The van der Waals surface area contributed by atoms with Gasteiger partial charge in [0.05, 0.1) is 0 Å². The van der Waals surface area contributed by atoms with E-state index in [2.05, 4.69) is 29.0 Å². The molecule has 0 bridgehead atoms. The van der Waals surface area contributed by atoms with Crippen LogP contribution in [-0.2, 0) is 35.3 Å². The van der Waals surface area contributed by atoms with Crippen LogP contribution in [0.2, 0.25) is 0 Å². The molecule has 0 aliphatic heterocycles. The summed E-state index contributed by atoms with van der Waals surface area (Å²) < 4.78 is 8.60. The Hall–Kier alpha value is -2.13. The van der Waals surface area contributed by atoms with Crippen molar-refractivity contribution in [2.75, 3.05) is 13.7 Å². The smallest absolute Gasteiger partial charge is 0.655 e. The van der Waals surface area contributed by atoms with Crippen molar-refractivity contribution in [1.82, 2.24) is 0 Å². The summed E-state index contributed by atoms with van der Waals surface area (Å²) in [7, 11) is 1.26. The van der Waals surface area contributed by atoms with Crippen LogP contribution in [0, 0.1) is 0 Å². The van der Waals surface area contributed by atoms with Crippen molar-refractivity contribution in [3.8, 4) is 11.1 Å². The molecule has 0 saturated carbocycles. The molecular weight excluding hydrogens is 466 g/mol. The van der Waals surface area contributed by atoms with Crippen LogP contribution in [-0.4, -0.2) is 26.3 Å². The summed E-state index contributed by atoms with van der Waals surface area (Å²) in [5, 5.41) is 0. The second-order valence-electron chi connectivity index (χ2n) is 4.61. The van der Waals surface area contributed by atoms with E-state index in [4.69, 9.17) is 15.3 Å². The van der Waals surface area contributed by atoms with E-state index in [0.717, 1.165) is 0 Å². The molecule has 0 radical (unpaired) electrons. The van der Waals surface area contributed by atoms with Crippen LogP contribution in [0.15, 0.2) is 48.5 Å². The molecule has 1 aliphatic carbocycles. The Kier molecular flexibility index (Phi) is 7.49. The van der Waals surface area contributed by atoms with Crippen molar-refractivity contribution < 1.29 is 40.1 Å². The van der Waals surface area contributed by atoms with Crippen LogP contribution < -0.4 is 0 Å². The number of carbonyl (C=O) groups is 1. The van der Waals surface area contributed by atoms with Crippen molar-refractivity contribution in [3.05, 3.63) is 65.4 Å². The summed E-state index contributed by atoms with van der Waals surface area (Å²) in [6.07, 6.45) is -0.975.